The van der Waals surface area contributed by atoms with Crippen molar-refractivity contribution in [3.63, 3.8) is 0 Å². The second-order valence-corrected chi connectivity index (χ2v) is 3.33. The monoisotopic (exact) mass is 218 g/mol. The van der Waals surface area contributed by atoms with Gasteiger partial charge >= 0.3 is 0 Å². The minimum atomic E-state index is -0.446. The van der Waals surface area contributed by atoms with Crippen LogP contribution in [0.15, 0.2) is 29.5 Å². The number of hydrogen-bond donors (Lipinski definition) is 1. The minimum absolute atomic E-state index is 0.118. The van der Waals surface area contributed by atoms with Gasteiger partial charge in [-0.05, 0) is 12.1 Å². The Morgan fingerprint density at radius 2 is 2.25 bits per heavy atom. The van der Waals surface area contributed by atoms with Gasteiger partial charge in [0.15, 0.2) is 5.65 Å². The molecular weight excluding hydrogens is 208 g/mol. The van der Waals surface area contributed by atoms with Crippen LogP contribution in [0.1, 0.15) is 6.42 Å². The number of rotatable bonds is 3. The number of aromatic nitrogens is 3. The predicted molar refractivity (Wildman–Crippen MR) is 57.6 cm³/mol. The molecule has 0 bridgehead atoms. The van der Waals surface area contributed by atoms with E-state index < -0.39 is 5.91 Å². The molecule has 0 aromatic carbocycles. The van der Waals surface area contributed by atoms with E-state index in [0.29, 0.717) is 11.0 Å². The first kappa shape index (κ1) is 10.3. The zero-order chi connectivity index (χ0) is 11.5. The number of pyridine rings is 1. The van der Waals surface area contributed by atoms with Crippen molar-refractivity contribution in [3.8, 4) is 0 Å². The highest BCUT2D eigenvalue weighted by Crippen LogP contribution is 2.00. The molecule has 1 amide bonds. The van der Waals surface area contributed by atoms with Crippen LogP contribution < -0.4 is 11.3 Å². The Labute approximate surface area is 90.7 Å². The number of nitrogens with zero attached hydrogens (tertiary/aromatic N) is 3. The third-order valence-corrected chi connectivity index (χ3v) is 2.20. The lowest BCUT2D eigenvalue weighted by Crippen LogP contribution is -2.24. The van der Waals surface area contributed by atoms with Gasteiger partial charge in [0.2, 0.25) is 5.91 Å². The normalized spacial score (nSPS) is 10.5. The second-order valence-electron chi connectivity index (χ2n) is 3.33. The molecule has 2 rings (SSSR count). The van der Waals surface area contributed by atoms with Gasteiger partial charge in [-0.15, -0.1) is 0 Å². The minimum Gasteiger partial charge on any atom is -0.370 e. The van der Waals surface area contributed by atoms with Gasteiger partial charge in [0, 0.05) is 19.2 Å². The number of amides is 1. The zero-order valence-corrected chi connectivity index (χ0v) is 8.46. The molecule has 0 fully saturated rings. The van der Waals surface area contributed by atoms with Crippen molar-refractivity contribution in [1.29, 1.82) is 0 Å². The van der Waals surface area contributed by atoms with Crippen molar-refractivity contribution in [2.24, 2.45) is 5.73 Å². The summed E-state index contributed by atoms with van der Waals surface area (Å²) in [7, 11) is 0. The molecule has 6 nitrogen and oxygen atoms in total. The molecule has 2 aromatic rings. The predicted octanol–water partition coefficient (Wildman–Crippen LogP) is -0.333. The van der Waals surface area contributed by atoms with Crippen LogP contribution in [0.25, 0.3) is 11.0 Å². The lowest BCUT2D eigenvalue weighted by atomic mass is 10.3. The Morgan fingerprint density at radius 3 is 3.00 bits per heavy atom. The van der Waals surface area contributed by atoms with Crippen LogP contribution in [0.5, 0.6) is 0 Å². The fourth-order valence-electron chi connectivity index (χ4n) is 1.39. The molecule has 6 heteroatoms. The topological polar surface area (TPSA) is 90.9 Å². The summed E-state index contributed by atoms with van der Waals surface area (Å²) in [5.41, 5.74) is 5.21. The van der Waals surface area contributed by atoms with Crippen LogP contribution in [-0.4, -0.2) is 20.4 Å². The van der Waals surface area contributed by atoms with Gasteiger partial charge in [-0.3, -0.25) is 14.2 Å². The van der Waals surface area contributed by atoms with Crippen molar-refractivity contribution in [3.05, 3.63) is 35.0 Å². The number of aryl methyl sites for hydroxylation is 1. The molecule has 2 N–H and O–H groups in total. The Morgan fingerprint density at radius 1 is 1.44 bits per heavy atom. The van der Waals surface area contributed by atoms with Crippen LogP contribution in [0, 0.1) is 0 Å². The summed E-state index contributed by atoms with van der Waals surface area (Å²) >= 11 is 0. The number of nitrogens with two attached hydrogens (primary N) is 1. The number of fused-ring (bicyclic) bond motifs is 1. The number of carbonyl (C=O) groups excluding carboxylic acids is 1. The van der Waals surface area contributed by atoms with Gasteiger partial charge in [0.25, 0.3) is 5.56 Å². The first-order valence-electron chi connectivity index (χ1n) is 4.77. The molecule has 0 radical (unpaired) electrons. The highest BCUT2D eigenvalue weighted by molar-refractivity contribution is 5.74. The maximum Gasteiger partial charge on any atom is 0.262 e. The molecule has 0 unspecified atom stereocenters. The number of primary amides is 1. The third kappa shape index (κ3) is 1.90. The van der Waals surface area contributed by atoms with Gasteiger partial charge < -0.3 is 5.73 Å². The van der Waals surface area contributed by atoms with Crippen LogP contribution in [0.4, 0.5) is 0 Å². The lowest BCUT2D eigenvalue weighted by Gasteiger charge is -2.03. The van der Waals surface area contributed by atoms with E-state index in [1.807, 2.05) is 0 Å². The van der Waals surface area contributed by atoms with Gasteiger partial charge in [0.1, 0.15) is 0 Å². The van der Waals surface area contributed by atoms with Crippen molar-refractivity contribution >= 4 is 16.9 Å². The maximum atomic E-state index is 11.9. The molecule has 0 saturated heterocycles. The molecule has 0 spiro atoms. The molecule has 82 valence electrons. The standard InChI is InChI=1S/C10H10N4O2/c11-8(15)3-5-14-6-13-9-7(10(14)16)2-1-4-12-9/h1-2,4,6H,3,5H2,(H2,11,15). The summed E-state index contributed by atoms with van der Waals surface area (Å²) in [5, 5.41) is 0.439. The Kier molecular flexibility index (Phi) is 2.63. The average molecular weight is 218 g/mol. The van der Waals surface area contributed by atoms with E-state index in [-0.39, 0.29) is 18.5 Å². The van der Waals surface area contributed by atoms with Crippen molar-refractivity contribution in [1.82, 2.24) is 14.5 Å². The van der Waals surface area contributed by atoms with E-state index in [1.165, 1.54) is 10.9 Å². The molecule has 0 aliphatic carbocycles. The van der Waals surface area contributed by atoms with Crippen LogP contribution in [0.3, 0.4) is 0 Å². The molecule has 2 heterocycles. The Bertz CT molecular complexity index is 591. The van der Waals surface area contributed by atoms with Gasteiger partial charge in [0.05, 0.1) is 11.7 Å². The summed E-state index contributed by atoms with van der Waals surface area (Å²) in [6.45, 7) is 0.242. The van der Waals surface area contributed by atoms with E-state index in [0.717, 1.165) is 0 Å². The summed E-state index contributed by atoms with van der Waals surface area (Å²) in [4.78, 5) is 30.5. The van der Waals surface area contributed by atoms with Crippen LogP contribution in [-0.2, 0) is 11.3 Å². The zero-order valence-electron chi connectivity index (χ0n) is 8.46. The summed E-state index contributed by atoms with van der Waals surface area (Å²) in [6, 6.07) is 3.32. The first-order valence-corrected chi connectivity index (χ1v) is 4.77. The van der Waals surface area contributed by atoms with Crippen molar-refractivity contribution in [2.45, 2.75) is 13.0 Å². The largest absolute Gasteiger partial charge is 0.370 e. The van der Waals surface area contributed by atoms with E-state index in [2.05, 4.69) is 9.97 Å². The Hall–Kier alpha value is -2.24. The lowest BCUT2D eigenvalue weighted by molar-refractivity contribution is -0.118. The number of hydrogen-bond acceptors (Lipinski definition) is 4. The van der Waals surface area contributed by atoms with E-state index in [1.54, 1.807) is 18.3 Å². The van der Waals surface area contributed by atoms with E-state index in [9.17, 15) is 9.59 Å². The van der Waals surface area contributed by atoms with Gasteiger partial charge in [-0.25, -0.2) is 9.97 Å². The molecular formula is C10H10N4O2. The highest BCUT2D eigenvalue weighted by atomic mass is 16.1. The van der Waals surface area contributed by atoms with E-state index >= 15 is 0 Å². The summed E-state index contributed by atoms with van der Waals surface area (Å²) in [6.07, 6.45) is 3.07. The third-order valence-electron chi connectivity index (χ3n) is 2.20. The fourth-order valence-corrected chi connectivity index (χ4v) is 1.39. The summed E-state index contributed by atoms with van der Waals surface area (Å²) in [5.74, 6) is -0.446. The van der Waals surface area contributed by atoms with Crippen molar-refractivity contribution < 1.29 is 4.79 Å². The molecule has 0 atom stereocenters. The molecule has 16 heavy (non-hydrogen) atoms. The maximum absolute atomic E-state index is 11.9. The molecule has 0 saturated carbocycles. The SMILES string of the molecule is NC(=O)CCn1cnc2ncccc2c1=O. The molecule has 2 aromatic heterocycles. The number of carbonyl (C=O) groups is 1. The second kappa shape index (κ2) is 4.09. The van der Waals surface area contributed by atoms with Crippen molar-refractivity contribution in [2.75, 3.05) is 0 Å². The first-order chi connectivity index (χ1) is 7.68. The summed E-state index contributed by atoms with van der Waals surface area (Å²) < 4.78 is 1.36. The van der Waals surface area contributed by atoms with Crippen LogP contribution >= 0.6 is 0 Å². The van der Waals surface area contributed by atoms with Crippen LogP contribution in [0.2, 0.25) is 0 Å². The Balaban J connectivity index is 2.45. The average Bonchev–Trinajstić information content (AvgIpc) is 2.28. The quantitative estimate of drug-likeness (QED) is 0.763. The fraction of sp³-hybridized carbons (Fsp3) is 0.200. The molecule has 0 aliphatic rings. The highest BCUT2D eigenvalue weighted by Gasteiger charge is 2.04. The molecule has 0 aliphatic heterocycles. The smallest absolute Gasteiger partial charge is 0.262 e. The van der Waals surface area contributed by atoms with Gasteiger partial charge in [-0.2, -0.15) is 0 Å². The van der Waals surface area contributed by atoms with E-state index in [4.69, 9.17) is 5.73 Å². The van der Waals surface area contributed by atoms with Gasteiger partial charge in [-0.1, -0.05) is 0 Å².